The molecule has 0 radical (unpaired) electrons. The smallest absolute Gasteiger partial charge is 0.335 e. The van der Waals surface area contributed by atoms with Gasteiger partial charge < -0.3 is 14.6 Å². The Labute approximate surface area is 159 Å². The first kappa shape index (κ1) is 26.3. The van der Waals surface area contributed by atoms with Crippen LogP contribution in [0.3, 0.4) is 0 Å². The van der Waals surface area contributed by atoms with Crippen LogP contribution in [-0.2, 0) is 14.3 Å². The highest BCUT2D eigenvalue weighted by Crippen LogP contribution is 2.25. The van der Waals surface area contributed by atoms with Crippen molar-refractivity contribution in [3.63, 3.8) is 0 Å². The minimum Gasteiger partial charge on any atom is -0.478 e. The molecule has 1 aliphatic rings. The maximum Gasteiger partial charge on any atom is 0.335 e. The molecule has 4 heteroatoms. The van der Waals surface area contributed by atoms with Crippen LogP contribution in [0.5, 0.6) is 0 Å². The molecule has 1 rings (SSSR count). The summed E-state index contributed by atoms with van der Waals surface area (Å²) in [4.78, 5) is 10.4. The molecule has 26 heavy (non-hydrogen) atoms. The topological polar surface area (TPSA) is 55.8 Å². The van der Waals surface area contributed by atoms with Crippen LogP contribution in [0, 0.1) is 5.92 Å². The standard InChI is InChI=1S/C9H12O2.C7H14O2.C6H10/c1-4-8(9(10)11)6-5-7(2)3;1-5-4-6(2)9-7(5)8-3;1-4-5-6(2)3/h4-6H,2H2,1,3H3,(H,10,11);5-7H,4H2,1-3H3;4-5H,1H2,2-3H3/b6-5-,8-4+;;/t;5-,6+,7?;/m.0./s1. The van der Waals surface area contributed by atoms with Gasteiger partial charge in [-0.05, 0) is 47.1 Å². The van der Waals surface area contributed by atoms with Gasteiger partial charge in [-0.15, -0.1) is 0 Å². The van der Waals surface area contributed by atoms with Crippen molar-refractivity contribution >= 4 is 5.97 Å². The van der Waals surface area contributed by atoms with Gasteiger partial charge in [0.15, 0.2) is 6.29 Å². The first-order valence-electron chi connectivity index (χ1n) is 8.76. The lowest BCUT2D eigenvalue weighted by molar-refractivity contribution is -0.132. The van der Waals surface area contributed by atoms with Gasteiger partial charge in [0, 0.05) is 13.0 Å². The zero-order valence-corrected chi connectivity index (χ0v) is 17.4. The molecule has 4 nitrogen and oxygen atoms in total. The number of carboxylic acids is 1. The van der Waals surface area contributed by atoms with Gasteiger partial charge in [0.2, 0.25) is 0 Å². The van der Waals surface area contributed by atoms with E-state index in [1.54, 1.807) is 32.3 Å². The highest BCUT2D eigenvalue weighted by molar-refractivity contribution is 5.89. The molecule has 1 fully saturated rings. The van der Waals surface area contributed by atoms with E-state index in [0.29, 0.717) is 12.0 Å². The predicted molar refractivity (Wildman–Crippen MR) is 110 cm³/mol. The summed E-state index contributed by atoms with van der Waals surface area (Å²) in [5, 5.41) is 8.54. The summed E-state index contributed by atoms with van der Waals surface area (Å²) in [7, 11) is 1.69. The van der Waals surface area contributed by atoms with Crippen LogP contribution < -0.4 is 0 Å². The van der Waals surface area contributed by atoms with E-state index in [0.717, 1.165) is 12.0 Å². The number of hydrogen-bond acceptors (Lipinski definition) is 3. The van der Waals surface area contributed by atoms with Crippen LogP contribution in [0.25, 0.3) is 0 Å². The number of hydrogen-bond donors (Lipinski definition) is 1. The maximum absolute atomic E-state index is 10.4. The summed E-state index contributed by atoms with van der Waals surface area (Å²) in [6, 6.07) is 0. The van der Waals surface area contributed by atoms with Crippen molar-refractivity contribution in [2.24, 2.45) is 5.92 Å². The van der Waals surface area contributed by atoms with E-state index in [1.165, 1.54) is 11.6 Å². The van der Waals surface area contributed by atoms with Crippen molar-refractivity contribution in [1.29, 1.82) is 0 Å². The van der Waals surface area contributed by atoms with Crippen molar-refractivity contribution in [1.82, 2.24) is 0 Å². The Bertz CT molecular complexity index is 522. The van der Waals surface area contributed by atoms with Gasteiger partial charge in [-0.2, -0.15) is 0 Å². The summed E-state index contributed by atoms with van der Waals surface area (Å²) in [6.45, 7) is 19.0. The number of allylic oxidation sites excluding steroid dienone is 6. The molecule has 0 aromatic carbocycles. The van der Waals surface area contributed by atoms with Gasteiger partial charge in [-0.1, -0.05) is 55.5 Å². The Hall–Kier alpha value is -1.91. The van der Waals surface area contributed by atoms with Gasteiger partial charge in [-0.25, -0.2) is 4.79 Å². The van der Waals surface area contributed by atoms with Crippen LogP contribution in [0.15, 0.2) is 60.3 Å². The molecule has 0 amide bonds. The third-order valence-electron chi connectivity index (χ3n) is 3.32. The van der Waals surface area contributed by atoms with Crippen LogP contribution in [0.1, 0.15) is 48.0 Å². The second kappa shape index (κ2) is 15.4. The second-order valence-corrected chi connectivity index (χ2v) is 6.47. The molecule has 1 unspecified atom stereocenters. The van der Waals surface area contributed by atoms with Crippen LogP contribution in [-0.4, -0.2) is 30.6 Å². The fraction of sp³-hybridized carbons (Fsp3) is 0.500. The van der Waals surface area contributed by atoms with E-state index < -0.39 is 5.97 Å². The molecule has 1 saturated heterocycles. The lowest BCUT2D eigenvalue weighted by Crippen LogP contribution is -2.15. The molecule has 0 aromatic rings. The zero-order valence-electron chi connectivity index (χ0n) is 17.4. The quantitative estimate of drug-likeness (QED) is 0.503. The Morgan fingerprint density at radius 1 is 1.23 bits per heavy atom. The van der Waals surface area contributed by atoms with Crippen LogP contribution in [0.2, 0.25) is 0 Å². The number of ether oxygens (including phenoxy) is 2. The maximum atomic E-state index is 10.4. The molecule has 0 spiro atoms. The fourth-order valence-corrected chi connectivity index (χ4v) is 2.10. The van der Waals surface area contributed by atoms with E-state index in [-0.39, 0.29) is 11.9 Å². The molecule has 1 heterocycles. The number of methoxy groups -OCH3 is 1. The highest BCUT2D eigenvalue weighted by atomic mass is 16.7. The van der Waals surface area contributed by atoms with Crippen LogP contribution >= 0.6 is 0 Å². The second-order valence-electron chi connectivity index (χ2n) is 6.47. The summed E-state index contributed by atoms with van der Waals surface area (Å²) >= 11 is 0. The van der Waals surface area contributed by atoms with E-state index in [9.17, 15) is 4.79 Å². The Morgan fingerprint density at radius 3 is 2.00 bits per heavy atom. The first-order chi connectivity index (χ1) is 12.1. The lowest BCUT2D eigenvalue weighted by atomic mass is 10.1. The van der Waals surface area contributed by atoms with Gasteiger partial charge >= 0.3 is 5.97 Å². The molecule has 1 aliphatic heterocycles. The normalized spacial score (nSPS) is 21.8. The third kappa shape index (κ3) is 14.4. The van der Waals surface area contributed by atoms with Crippen molar-refractivity contribution in [2.45, 2.75) is 60.4 Å². The van der Waals surface area contributed by atoms with Gasteiger partial charge in [0.1, 0.15) is 0 Å². The van der Waals surface area contributed by atoms with Crippen LogP contribution in [0.4, 0.5) is 0 Å². The lowest BCUT2D eigenvalue weighted by Gasteiger charge is -2.11. The van der Waals surface area contributed by atoms with E-state index in [4.69, 9.17) is 14.6 Å². The molecular weight excluding hydrogens is 328 g/mol. The van der Waals surface area contributed by atoms with Crippen molar-refractivity contribution in [3.8, 4) is 0 Å². The van der Waals surface area contributed by atoms with Gasteiger partial charge in [-0.3, -0.25) is 0 Å². The zero-order chi connectivity index (χ0) is 20.7. The summed E-state index contributed by atoms with van der Waals surface area (Å²) < 4.78 is 10.5. The summed E-state index contributed by atoms with van der Waals surface area (Å²) in [6.07, 6.45) is 10.0. The van der Waals surface area contributed by atoms with Gasteiger partial charge in [0.05, 0.1) is 11.7 Å². The molecule has 148 valence electrons. The van der Waals surface area contributed by atoms with Crippen molar-refractivity contribution in [3.05, 3.63) is 60.3 Å². The molecule has 3 atom stereocenters. The highest BCUT2D eigenvalue weighted by Gasteiger charge is 2.28. The van der Waals surface area contributed by atoms with E-state index in [2.05, 4.69) is 27.0 Å². The predicted octanol–water partition coefficient (Wildman–Crippen LogP) is 5.69. The molecule has 0 aromatic heterocycles. The minimum atomic E-state index is -0.912. The molecule has 0 aliphatic carbocycles. The minimum absolute atomic E-state index is 0.0417. The van der Waals surface area contributed by atoms with Crippen molar-refractivity contribution in [2.75, 3.05) is 7.11 Å². The number of rotatable bonds is 5. The summed E-state index contributed by atoms with van der Waals surface area (Å²) in [5.41, 5.74) is 2.42. The van der Waals surface area contributed by atoms with E-state index in [1.807, 2.05) is 26.8 Å². The molecule has 0 bridgehead atoms. The number of carbonyl (C=O) groups is 1. The molecule has 1 N–H and O–H groups in total. The fourth-order valence-electron chi connectivity index (χ4n) is 2.10. The Kier molecular flexibility index (Phi) is 15.5. The molecular formula is C22H36O4. The summed E-state index contributed by atoms with van der Waals surface area (Å²) in [5.74, 6) is -0.352. The molecule has 0 saturated carbocycles. The largest absolute Gasteiger partial charge is 0.478 e. The monoisotopic (exact) mass is 364 g/mol. The SMILES string of the molecule is C=C(C)/C=C\C(=C/C)C(=O)O.C=CC=C(C)C.COC1O[C@H](C)C[C@@H]1C. The first-order valence-corrected chi connectivity index (χ1v) is 8.76. The number of carboxylic acid groups (broad SMARTS) is 1. The Balaban J connectivity index is 0. The number of aliphatic carboxylic acids is 1. The average molecular weight is 365 g/mol. The van der Waals surface area contributed by atoms with Crippen molar-refractivity contribution < 1.29 is 19.4 Å². The van der Waals surface area contributed by atoms with Gasteiger partial charge in [0.25, 0.3) is 0 Å². The van der Waals surface area contributed by atoms with E-state index >= 15 is 0 Å². The third-order valence-corrected chi connectivity index (χ3v) is 3.32. The average Bonchev–Trinajstić information content (AvgIpc) is 2.86. The Morgan fingerprint density at radius 2 is 1.81 bits per heavy atom.